The van der Waals surface area contributed by atoms with Crippen molar-refractivity contribution in [1.29, 1.82) is 0 Å². The number of benzene rings is 1. The van der Waals surface area contributed by atoms with Gasteiger partial charge >= 0.3 is 0 Å². The van der Waals surface area contributed by atoms with E-state index in [9.17, 15) is 4.79 Å². The highest BCUT2D eigenvalue weighted by Gasteiger charge is 2.27. The van der Waals surface area contributed by atoms with E-state index in [-0.39, 0.29) is 11.9 Å². The number of hydrogen-bond acceptors (Lipinski definition) is 3. The Bertz CT molecular complexity index is 615. The zero-order valence-electron chi connectivity index (χ0n) is 12.8. The Morgan fingerprint density at radius 2 is 2.09 bits per heavy atom. The van der Waals surface area contributed by atoms with E-state index < -0.39 is 0 Å². The highest BCUT2D eigenvalue weighted by molar-refractivity contribution is 5.94. The first-order valence-electron chi connectivity index (χ1n) is 7.74. The summed E-state index contributed by atoms with van der Waals surface area (Å²) in [5, 5.41) is 3.11. The van der Waals surface area contributed by atoms with Crippen LogP contribution in [-0.2, 0) is 0 Å². The van der Waals surface area contributed by atoms with Crippen LogP contribution in [0.3, 0.4) is 0 Å². The minimum atomic E-state index is -0.0349. The van der Waals surface area contributed by atoms with Crippen molar-refractivity contribution in [3.05, 3.63) is 66.0 Å². The number of amides is 1. The van der Waals surface area contributed by atoms with Crippen LogP contribution >= 0.6 is 0 Å². The number of likely N-dealkylation sites (tertiary alicyclic amines) is 1. The van der Waals surface area contributed by atoms with E-state index in [1.54, 1.807) is 24.5 Å². The molecule has 2 atom stereocenters. The van der Waals surface area contributed by atoms with E-state index >= 15 is 0 Å². The van der Waals surface area contributed by atoms with Crippen molar-refractivity contribution in [1.82, 2.24) is 15.2 Å². The molecule has 1 fully saturated rings. The molecule has 1 aromatic heterocycles. The summed E-state index contributed by atoms with van der Waals surface area (Å²) in [5.74, 6) is -0.0349. The number of carbonyl (C=O) groups excluding carboxylic acids is 1. The topological polar surface area (TPSA) is 45.2 Å². The maximum atomic E-state index is 12.2. The van der Waals surface area contributed by atoms with Crippen LogP contribution < -0.4 is 5.32 Å². The summed E-state index contributed by atoms with van der Waals surface area (Å²) in [6.07, 6.45) is 4.27. The smallest absolute Gasteiger partial charge is 0.253 e. The van der Waals surface area contributed by atoms with E-state index in [2.05, 4.69) is 46.4 Å². The summed E-state index contributed by atoms with van der Waals surface area (Å²) < 4.78 is 0. The van der Waals surface area contributed by atoms with Gasteiger partial charge in [-0.15, -0.1) is 0 Å². The second kappa shape index (κ2) is 6.71. The van der Waals surface area contributed by atoms with E-state index in [0.29, 0.717) is 11.6 Å². The molecule has 0 spiro atoms. The van der Waals surface area contributed by atoms with Crippen LogP contribution in [0.25, 0.3) is 0 Å². The van der Waals surface area contributed by atoms with Crippen LogP contribution in [0.4, 0.5) is 0 Å². The molecule has 0 saturated carbocycles. The Morgan fingerprint density at radius 1 is 1.27 bits per heavy atom. The summed E-state index contributed by atoms with van der Waals surface area (Å²) in [5.41, 5.74) is 1.94. The SMILES string of the molecule is C[C@H](c1ccccc1)N1CC[C@@H](NC(=O)c2cccnc2)C1. The lowest BCUT2D eigenvalue weighted by atomic mass is 10.1. The number of aromatic nitrogens is 1. The quantitative estimate of drug-likeness (QED) is 0.943. The van der Waals surface area contributed by atoms with Gasteiger partial charge in [-0.25, -0.2) is 0 Å². The number of carbonyl (C=O) groups is 1. The average molecular weight is 295 g/mol. The molecule has 1 aliphatic rings. The Morgan fingerprint density at radius 3 is 2.82 bits per heavy atom. The van der Waals surface area contributed by atoms with Gasteiger partial charge in [0.25, 0.3) is 5.91 Å². The lowest BCUT2D eigenvalue weighted by Crippen LogP contribution is -2.37. The van der Waals surface area contributed by atoms with Crippen LogP contribution in [-0.4, -0.2) is 34.9 Å². The zero-order chi connectivity index (χ0) is 15.4. The van der Waals surface area contributed by atoms with Crippen LogP contribution in [0.1, 0.15) is 35.3 Å². The fourth-order valence-corrected chi connectivity index (χ4v) is 2.97. The van der Waals surface area contributed by atoms with Crippen molar-refractivity contribution in [3.63, 3.8) is 0 Å². The number of pyridine rings is 1. The molecule has 22 heavy (non-hydrogen) atoms. The molecular formula is C18H21N3O. The Labute approximate surface area is 131 Å². The minimum absolute atomic E-state index is 0.0349. The highest BCUT2D eigenvalue weighted by atomic mass is 16.1. The first-order chi connectivity index (χ1) is 10.7. The minimum Gasteiger partial charge on any atom is -0.348 e. The number of nitrogens with zero attached hydrogens (tertiary/aromatic N) is 2. The van der Waals surface area contributed by atoms with E-state index in [1.165, 1.54) is 5.56 Å². The molecule has 0 bridgehead atoms. The molecular weight excluding hydrogens is 274 g/mol. The van der Waals surface area contributed by atoms with Crippen molar-refractivity contribution in [2.24, 2.45) is 0 Å². The van der Waals surface area contributed by atoms with Crippen molar-refractivity contribution in [3.8, 4) is 0 Å². The summed E-state index contributed by atoms with van der Waals surface area (Å²) >= 11 is 0. The maximum absolute atomic E-state index is 12.2. The van der Waals surface area contributed by atoms with Gasteiger partial charge in [0.05, 0.1) is 5.56 Å². The molecule has 0 aliphatic carbocycles. The van der Waals surface area contributed by atoms with Gasteiger partial charge in [0.1, 0.15) is 0 Å². The molecule has 1 saturated heterocycles. The highest BCUT2D eigenvalue weighted by Crippen LogP contribution is 2.24. The molecule has 1 N–H and O–H groups in total. The van der Waals surface area contributed by atoms with E-state index in [0.717, 1.165) is 19.5 Å². The van der Waals surface area contributed by atoms with Gasteiger partial charge in [-0.05, 0) is 31.0 Å². The molecule has 1 aromatic carbocycles. The normalized spacial score (nSPS) is 19.8. The predicted molar refractivity (Wildman–Crippen MR) is 86.5 cm³/mol. The molecule has 2 heterocycles. The Hall–Kier alpha value is -2.20. The first kappa shape index (κ1) is 14.7. The molecule has 4 heteroatoms. The molecule has 4 nitrogen and oxygen atoms in total. The van der Waals surface area contributed by atoms with Crippen molar-refractivity contribution < 1.29 is 4.79 Å². The average Bonchev–Trinajstić information content (AvgIpc) is 3.04. The van der Waals surface area contributed by atoms with Gasteiger partial charge < -0.3 is 5.32 Å². The molecule has 0 unspecified atom stereocenters. The fourth-order valence-electron chi connectivity index (χ4n) is 2.97. The van der Waals surface area contributed by atoms with Crippen LogP contribution in [0, 0.1) is 0 Å². The third-order valence-electron chi connectivity index (χ3n) is 4.31. The summed E-state index contributed by atoms with van der Waals surface area (Å²) in [6, 6.07) is 14.7. The predicted octanol–water partition coefficient (Wildman–Crippen LogP) is 2.65. The summed E-state index contributed by atoms with van der Waals surface area (Å²) in [4.78, 5) is 18.6. The lowest BCUT2D eigenvalue weighted by molar-refractivity contribution is 0.0936. The Balaban J connectivity index is 1.57. The second-order valence-corrected chi connectivity index (χ2v) is 5.78. The van der Waals surface area contributed by atoms with Crippen LogP contribution in [0.15, 0.2) is 54.9 Å². The standard InChI is InChI=1S/C18H21N3O/c1-14(15-6-3-2-4-7-15)21-11-9-17(13-21)20-18(22)16-8-5-10-19-12-16/h2-8,10,12,14,17H,9,11,13H2,1H3,(H,20,22)/t14-,17-/m1/s1. The molecule has 3 rings (SSSR count). The van der Waals surface area contributed by atoms with Gasteiger partial charge in [-0.3, -0.25) is 14.7 Å². The largest absolute Gasteiger partial charge is 0.348 e. The number of rotatable bonds is 4. The Kier molecular flexibility index (Phi) is 4.49. The van der Waals surface area contributed by atoms with E-state index in [1.807, 2.05) is 6.07 Å². The number of hydrogen-bond donors (Lipinski definition) is 1. The maximum Gasteiger partial charge on any atom is 0.253 e. The second-order valence-electron chi connectivity index (χ2n) is 5.78. The fraction of sp³-hybridized carbons (Fsp3) is 0.333. The molecule has 2 aromatic rings. The molecule has 1 amide bonds. The third kappa shape index (κ3) is 3.34. The van der Waals surface area contributed by atoms with Gasteiger partial charge in [-0.1, -0.05) is 30.3 Å². The first-order valence-corrected chi connectivity index (χ1v) is 7.74. The summed E-state index contributed by atoms with van der Waals surface area (Å²) in [6.45, 7) is 4.12. The van der Waals surface area contributed by atoms with Gasteiger partial charge in [-0.2, -0.15) is 0 Å². The molecule has 114 valence electrons. The lowest BCUT2D eigenvalue weighted by Gasteiger charge is -2.24. The van der Waals surface area contributed by atoms with Gasteiger partial charge in [0, 0.05) is 37.6 Å². The monoisotopic (exact) mass is 295 g/mol. The van der Waals surface area contributed by atoms with E-state index in [4.69, 9.17) is 0 Å². The van der Waals surface area contributed by atoms with Gasteiger partial charge in [0.15, 0.2) is 0 Å². The van der Waals surface area contributed by atoms with Crippen LogP contribution in [0.2, 0.25) is 0 Å². The molecule has 0 radical (unpaired) electrons. The van der Waals surface area contributed by atoms with Crippen molar-refractivity contribution in [2.75, 3.05) is 13.1 Å². The van der Waals surface area contributed by atoms with Crippen molar-refractivity contribution >= 4 is 5.91 Å². The van der Waals surface area contributed by atoms with Crippen molar-refractivity contribution in [2.45, 2.75) is 25.4 Å². The number of nitrogens with one attached hydrogen (secondary N) is 1. The van der Waals surface area contributed by atoms with Crippen LogP contribution in [0.5, 0.6) is 0 Å². The summed E-state index contributed by atoms with van der Waals surface area (Å²) in [7, 11) is 0. The third-order valence-corrected chi connectivity index (χ3v) is 4.31. The zero-order valence-corrected chi connectivity index (χ0v) is 12.8. The molecule has 1 aliphatic heterocycles. The van der Waals surface area contributed by atoms with Gasteiger partial charge in [0.2, 0.25) is 0 Å².